The summed E-state index contributed by atoms with van der Waals surface area (Å²) >= 11 is 0. The summed E-state index contributed by atoms with van der Waals surface area (Å²) in [6.45, 7) is 10.4. The Bertz CT molecular complexity index is 388. The second kappa shape index (κ2) is 8.55. The number of likely N-dealkylation sites (tertiary alicyclic amines) is 1. The predicted molar refractivity (Wildman–Crippen MR) is 91.5 cm³/mol. The van der Waals surface area contributed by atoms with E-state index < -0.39 is 0 Å². The first kappa shape index (κ1) is 16.5. The molecule has 2 heteroatoms. The van der Waals surface area contributed by atoms with E-state index in [1.165, 1.54) is 37.8 Å². The summed E-state index contributed by atoms with van der Waals surface area (Å²) in [6.07, 6.45) is 5.46. The molecule has 1 aromatic carbocycles. The zero-order valence-corrected chi connectivity index (χ0v) is 14.0. The lowest BCUT2D eigenvalue weighted by atomic mass is 10.0. The predicted octanol–water partition coefficient (Wildman–Crippen LogP) is 4.24. The molecule has 0 aliphatic carbocycles. The monoisotopic (exact) mass is 288 g/mol. The van der Waals surface area contributed by atoms with E-state index in [9.17, 15) is 0 Å². The van der Waals surface area contributed by atoms with Gasteiger partial charge in [0.1, 0.15) is 0 Å². The van der Waals surface area contributed by atoms with E-state index in [1.807, 2.05) is 0 Å². The van der Waals surface area contributed by atoms with E-state index >= 15 is 0 Å². The highest BCUT2D eigenvalue weighted by Gasteiger charge is 2.25. The molecule has 1 aromatic rings. The van der Waals surface area contributed by atoms with Crippen molar-refractivity contribution in [2.45, 2.75) is 58.5 Å². The molecule has 1 aliphatic heterocycles. The lowest BCUT2D eigenvalue weighted by Gasteiger charge is -2.36. The minimum Gasteiger partial charge on any atom is -0.315 e. The third-order valence-corrected chi connectivity index (χ3v) is 4.58. The van der Waals surface area contributed by atoms with E-state index in [0.717, 1.165) is 13.1 Å². The van der Waals surface area contributed by atoms with E-state index in [2.05, 4.69) is 61.3 Å². The van der Waals surface area contributed by atoms with Crippen molar-refractivity contribution in [2.75, 3.05) is 19.6 Å². The third kappa shape index (κ3) is 5.12. The molecular formula is C19H32N2. The molecule has 0 aromatic heterocycles. The van der Waals surface area contributed by atoms with Crippen LogP contribution in [-0.4, -0.2) is 30.6 Å². The molecule has 0 bridgehead atoms. The molecule has 2 rings (SSSR count). The van der Waals surface area contributed by atoms with Crippen molar-refractivity contribution in [3.63, 3.8) is 0 Å². The first-order valence-electron chi connectivity index (χ1n) is 8.70. The van der Waals surface area contributed by atoms with Gasteiger partial charge in [-0.25, -0.2) is 0 Å². The molecule has 1 aliphatic rings. The Hall–Kier alpha value is -0.860. The Morgan fingerprint density at radius 1 is 1.10 bits per heavy atom. The minimum atomic E-state index is 0.512. The van der Waals surface area contributed by atoms with Gasteiger partial charge in [0.05, 0.1) is 0 Å². The highest BCUT2D eigenvalue weighted by atomic mass is 15.2. The number of hydrogen-bond donors (Lipinski definition) is 1. The number of nitrogens with one attached hydrogen (secondary N) is 1. The molecule has 1 fully saturated rings. The number of nitrogens with zero attached hydrogens (tertiary/aromatic N) is 1. The van der Waals surface area contributed by atoms with Gasteiger partial charge in [0.15, 0.2) is 0 Å². The Morgan fingerprint density at radius 2 is 1.86 bits per heavy atom. The van der Waals surface area contributed by atoms with Gasteiger partial charge >= 0.3 is 0 Å². The van der Waals surface area contributed by atoms with Gasteiger partial charge in [-0.05, 0) is 44.3 Å². The summed E-state index contributed by atoms with van der Waals surface area (Å²) in [5, 5.41) is 3.68. The molecule has 2 nitrogen and oxygen atoms in total. The van der Waals surface area contributed by atoms with Crippen LogP contribution in [0.25, 0.3) is 0 Å². The largest absolute Gasteiger partial charge is 0.315 e. The van der Waals surface area contributed by atoms with Gasteiger partial charge in [-0.1, -0.05) is 57.0 Å². The molecular weight excluding hydrogens is 256 g/mol. The topological polar surface area (TPSA) is 15.3 Å². The van der Waals surface area contributed by atoms with E-state index in [1.54, 1.807) is 0 Å². The van der Waals surface area contributed by atoms with Crippen molar-refractivity contribution in [3.05, 3.63) is 35.9 Å². The lowest BCUT2D eigenvalue weighted by Crippen LogP contribution is -2.41. The molecule has 0 spiro atoms. The molecule has 2 unspecified atom stereocenters. The molecule has 1 heterocycles. The van der Waals surface area contributed by atoms with Crippen molar-refractivity contribution in [1.29, 1.82) is 0 Å². The smallest absolute Gasteiger partial charge is 0.0475 e. The zero-order valence-electron chi connectivity index (χ0n) is 14.0. The fourth-order valence-corrected chi connectivity index (χ4v) is 3.37. The third-order valence-electron chi connectivity index (χ3n) is 4.58. The standard InChI is InChI=1S/C19H32N2/c1-16(2)14-20-15-19(18-11-7-4-8-12-18)21-13-9-5-6-10-17(21)3/h4,7-8,11-12,16-17,19-20H,5-6,9-10,13-15H2,1-3H3. The van der Waals surface area contributed by atoms with Crippen LogP contribution in [0.5, 0.6) is 0 Å². The summed E-state index contributed by atoms with van der Waals surface area (Å²) in [5.41, 5.74) is 1.46. The molecule has 1 N–H and O–H groups in total. The van der Waals surface area contributed by atoms with Crippen molar-refractivity contribution in [3.8, 4) is 0 Å². The van der Waals surface area contributed by atoms with Crippen LogP contribution in [0.15, 0.2) is 30.3 Å². The molecule has 0 saturated carbocycles. The Labute approximate surface area is 130 Å². The van der Waals surface area contributed by atoms with Crippen LogP contribution >= 0.6 is 0 Å². The first-order valence-corrected chi connectivity index (χ1v) is 8.70. The maximum absolute atomic E-state index is 3.68. The van der Waals surface area contributed by atoms with Crippen LogP contribution in [0.1, 0.15) is 58.1 Å². The lowest BCUT2D eigenvalue weighted by molar-refractivity contribution is 0.143. The fraction of sp³-hybridized carbons (Fsp3) is 0.684. The zero-order chi connectivity index (χ0) is 15.1. The SMILES string of the molecule is CC(C)CNCC(c1ccccc1)N1CCCCCC1C. The fourth-order valence-electron chi connectivity index (χ4n) is 3.37. The van der Waals surface area contributed by atoms with Gasteiger partial charge in [0, 0.05) is 18.6 Å². The highest BCUT2D eigenvalue weighted by molar-refractivity contribution is 5.19. The van der Waals surface area contributed by atoms with E-state index in [4.69, 9.17) is 0 Å². The second-order valence-corrected chi connectivity index (χ2v) is 6.91. The second-order valence-electron chi connectivity index (χ2n) is 6.91. The molecule has 2 atom stereocenters. The van der Waals surface area contributed by atoms with Crippen LogP contribution in [0.2, 0.25) is 0 Å². The van der Waals surface area contributed by atoms with Crippen LogP contribution in [0.3, 0.4) is 0 Å². The van der Waals surface area contributed by atoms with Gasteiger partial charge in [-0.3, -0.25) is 4.90 Å². The summed E-state index contributed by atoms with van der Waals surface area (Å²) in [4.78, 5) is 2.73. The van der Waals surface area contributed by atoms with Gasteiger partial charge in [-0.15, -0.1) is 0 Å². The van der Waals surface area contributed by atoms with Crippen molar-refractivity contribution < 1.29 is 0 Å². The maximum Gasteiger partial charge on any atom is 0.0475 e. The minimum absolute atomic E-state index is 0.512. The normalized spacial score (nSPS) is 22.2. The van der Waals surface area contributed by atoms with E-state index in [-0.39, 0.29) is 0 Å². The summed E-state index contributed by atoms with van der Waals surface area (Å²) in [5.74, 6) is 0.711. The average molecular weight is 288 g/mol. The quantitative estimate of drug-likeness (QED) is 0.842. The number of benzene rings is 1. The van der Waals surface area contributed by atoms with Crippen LogP contribution in [0.4, 0.5) is 0 Å². The van der Waals surface area contributed by atoms with Crippen molar-refractivity contribution in [2.24, 2.45) is 5.92 Å². The Kier molecular flexibility index (Phi) is 6.72. The first-order chi connectivity index (χ1) is 10.2. The number of hydrogen-bond acceptors (Lipinski definition) is 2. The van der Waals surface area contributed by atoms with Gasteiger partial charge in [-0.2, -0.15) is 0 Å². The van der Waals surface area contributed by atoms with Gasteiger partial charge in [0.2, 0.25) is 0 Å². The van der Waals surface area contributed by atoms with Crippen molar-refractivity contribution in [1.82, 2.24) is 10.2 Å². The Morgan fingerprint density at radius 3 is 2.57 bits per heavy atom. The molecule has 21 heavy (non-hydrogen) atoms. The Balaban J connectivity index is 2.10. The molecule has 118 valence electrons. The highest BCUT2D eigenvalue weighted by Crippen LogP contribution is 2.27. The summed E-state index contributed by atoms with van der Waals surface area (Å²) in [7, 11) is 0. The maximum atomic E-state index is 3.68. The van der Waals surface area contributed by atoms with Crippen LogP contribution in [0, 0.1) is 5.92 Å². The summed E-state index contributed by atoms with van der Waals surface area (Å²) in [6, 6.07) is 12.3. The van der Waals surface area contributed by atoms with Crippen LogP contribution < -0.4 is 5.32 Å². The van der Waals surface area contributed by atoms with Gasteiger partial charge in [0.25, 0.3) is 0 Å². The number of rotatable bonds is 6. The van der Waals surface area contributed by atoms with E-state index in [0.29, 0.717) is 18.0 Å². The average Bonchev–Trinajstić information content (AvgIpc) is 2.69. The van der Waals surface area contributed by atoms with Crippen molar-refractivity contribution >= 4 is 0 Å². The molecule has 0 radical (unpaired) electrons. The van der Waals surface area contributed by atoms with Gasteiger partial charge < -0.3 is 5.32 Å². The summed E-state index contributed by atoms with van der Waals surface area (Å²) < 4.78 is 0. The van der Waals surface area contributed by atoms with Crippen LogP contribution in [-0.2, 0) is 0 Å². The molecule has 1 saturated heterocycles. The molecule has 0 amide bonds.